The maximum atomic E-state index is 12.3. The second-order valence-corrected chi connectivity index (χ2v) is 5.63. The Morgan fingerprint density at radius 1 is 1.23 bits per heavy atom. The van der Waals surface area contributed by atoms with E-state index in [1.165, 1.54) is 38.3 Å². The van der Waals surface area contributed by atoms with E-state index in [1.54, 1.807) is 12.1 Å². The summed E-state index contributed by atoms with van der Waals surface area (Å²) in [5.41, 5.74) is 0.0760. The molecule has 0 aliphatic rings. The van der Waals surface area contributed by atoms with Gasteiger partial charge in [-0.25, -0.2) is 4.79 Å². The molecule has 0 unspecified atom stereocenters. The minimum Gasteiger partial charge on any atom is -0.495 e. The number of non-ortho nitro benzene ring substituents is 1. The number of nitro groups is 1. The molecule has 0 aliphatic carbocycles. The van der Waals surface area contributed by atoms with Crippen molar-refractivity contribution in [3.8, 4) is 5.75 Å². The van der Waals surface area contributed by atoms with E-state index in [2.05, 4.69) is 5.32 Å². The SMILES string of the molecule is COc1ccc([N+](=O)[O-])cc1NC(=O)[C@@H](C)OC(=O)c1cccc(Cl)c1. The highest BCUT2D eigenvalue weighted by atomic mass is 35.5. The minimum atomic E-state index is -1.15. The molecule has 1 atom stereocenters. The second kappa shape index (κ2) is 8.30. The molecule has 1 N–H and O–H groups in total. The van der Waals surface area contributed by atoms with Crippen LogP contribution in [-0.2, 0) is 9.53 Å². The molecule has 0 fully saturated rings. The van der Waals surface area contributed by atoms with Crippen LogP contribution in [0.5, 0.6) is 5.75 Å². The number of carbonyl (C=O) groups excluding carboxylic acids is 2. The largest absolute Gasteiger partial charge is 0.495 e. The molecule has 136 valence electrons. The van der Waals surface area contributed by atoms with Crippen molar-refractivity contribution >= 4 is 34.9 Å². The summed E-state index contributed by atoms with van der Waals surface area (Å²) in [6, 6.07) is 9.86. The Bertz CT molecular complexity index is 855. The Hall–Kier alpha value is -3.13. The van der Waals surface area contributed by atoms with E-state index < -0.39 is 22.9 Å². The normalized spacial score (nSPS) is 11.3. The fourth-order valence-electron chi connectivity index (χ4n) is 2.04. The highest BCUT2D eigenvalue weighted by Crippen LogP contribution is 2.29. The van der Waals surface area contributed by atoms with Crippen molar-refractivity contribution in [1.29, 1.82) is 0 Å². The van der Waals surface area contributed by atoms with Gasteiger partial charge in [0.05, 0.1) is 23.3 Å². The van der Waals surface area contributed by atoms with Crippen molar-refractivity contribution in [3.63, 3.8) is 0 Å². The van der Waals surface area contributed by atoms with Crippen LogP contribution in [0.25, 0.3) is 0 Å². The van der Waals surface area contributed by atoms with Gasteiger partial charge < -0.3 is 14.8 Å². The first-order valence-corrected chi connectivity index (χ1v) is 7.79. The van der Waals surface area contributed by atoms with E-state index >= 15 is 0 Å². The van der Waals surface area contributed by atoms with E-state index in [1.807, 2.05) is 0 Å². The van der Waals surface area contributed by atoms with Gasteiger partial charge in [-0.15, -0.1) is 0 Å². The maximum absolute atomic E-state index is 12.3. The van der Waals surface area contributed by atoms with E-state index in [0.29, 0.717) is 5.02 Å². The third kappa shape index (κ3) is 4.70. The molecule has 0 aliphatic heterocycles. The zero-order chi connectivity index (χ0) is 19.3. The van der Waals surface area contributed by atoms with Crippen molar-refractivity contribution in [1.82, 2.24) is 0 Å². The molecule has 8 nitrogen and oxygen atoms in total. The molecule has 26 heavy (non-hydrogen) atoms. The van der Waals surface area contributed by atoms with Gasteiger partial charge in [0.1, 0.15) is 5.75 Å². The molecule has 0 radical (unpaired) electrons. The van der Waals surface area contributed by atoms with E-state index in [4.69, 9.17) is 21.1 Å². The Morgan fingerprint density at radius 2 is 1.96 bits per heavy atom. The van der Waals surface area contributed by atoms with Crippen LogP contribution in [0.4, 0.5) is 11.4 Å². The first-order chi connectivity index (χ1) is 12.3. The quantitative estimate of drug-likeness (QED) is 0.468. The highest BCUT2D eigenvalue weighted by Gasteiger charge is 2.21. The van der Waals surface area contributed by atoms with E-state index in [0.717, 1.165) is 6.07 Å². The average molecular weight is 379 g/mol. The van der Waals surface area contributed by atoms with Crippen molar-refractivity contribution in [2.24, 2.45) is 0 Å². The van der Waals surface area contributed by atoms with Crippen LogP contribution in [0, 0.1) is 10.1 Å². The predicted octanol–water partition coefficient (Wildman–Crippen LogP) is 3.44. The number of halogens is 1. The first kappa shape index (κ1) is 19.2. The molecule has 2 aromatic rings. The van der Waals surface area contributed by atoms with Crippen molar-refractivity contribution in [3.05, 3.63) is 63.2 Å². The predicted molar refractivity (Wildman–Crippen MR) is 94.6 cm³/mol. The number of nitro benzene ring substituents is 1. The fraction of sp³-hybridized carbons (Fsp3) is 0.176. The van der Waals surface area contributed by atoms with Gasteiger partial charge in [0.15, 0.2) is 6.10 Å². The fourth-order valence-corrected chi connectivity index (χ4v) is 2.23. The molecule has 0 aromatic heterocycles. The van der Waals surface area contributed by atoms with Gasteiger partial charge in [-0.2, -0.15) is 0 Å². The van der Waals surface area contributed by atoms with Crippen LogP contribution < -0.4 is 10.1 Å². The molecule has 1 amide bonds. The number of hydrogen-bond acceptors (Lipinski definition) is 6. The van der Waals surface area contributed by atoms with Gasteiger partial charge in [-0.1, -0.05) is 17.7 Å². The molecular formula is C17H15ClN2O6. The summed E-state index contributed by atoms with van der Waals surface area (Å²) < 4.78 is 10.2. The van der Waals surface area contributed by atoms with E-state index in [-0.39, 0.29) is 22.7 Å². The smallest absolute Gasteiger partial charge is 0.338 e. The van der Waals surface area contributed by atoms with Crippen molar-refractivity contribution < 1.29 is 24.0 Å². The number of anilines is 1. The Morgan fingerprint density at radius 3 is 2.58 bits per heavy atom. The lowest BCUT2D eigenvalue weighted by Crippen LogP contribution is -2.30. The molecule has 2 aromatic carbocycles. The Kier molecular flexibility index (Phi) is 6.13. The summed E-state index contributed by atoms with van der Waals surface area (Å²) >= 11 is 5.81. The first-order valence-electron chi connectivity index (χ1n) is 7.41. The number of ether oxygens (including phenoxy) is 2. The molecular weight excluding hydrogens is 364 g/mol. The van der Waals surface area contributed by atoms with Gasteiger partial charge >= 0.3 is 5.97 Å². The van der Waals surface area contributed by atoms with Gasteiger partial charge in [-0.05, 0) is 31.2 Å². The second-order valence-electron chi connectivity index (χ2n) is 5.19. The summed E-state index contributed by atoms with van der Waals surface area (Å²) in [5.74, 6) is -1.15. The third-order valence-electron chi connectivity index (χ3n) is 3.37. The monoisotopic (exact) mass is 378 g/mol. The zero-order valence-electron chi connectivity index (χ0n) is 13.9. The number of nitrogens with zero attached hydrogens (tertiary/aromatic N) is 1. The molecule has 0 heterocycles. The molecule has 0 spiro atoms. The van der Waals surface area contributed by atoms with Crippen molar-refractivity contribution in [2.45, 2.75) is 13.0 Å². The number of nitrogens with one attached hydrogen (secondary N) is 1. The maximum Gasteiger partial charge on any atom is 0.338 e. The average Bonchev–Trinajstić information content (AvgIpc) is 2.61. The number of benzene rings is 2. The van der Waals surface area contributed by atoms with Crippen LogP contribution in [0.1, 0.15) is 17.3 Å². The van der Waals surface area contributed by atoms with Crippen LogP contribution in [-0.4, -0.2) is 30.0 Å². The minimum absolute atomic E-state index is 0.0948. The van der Waals surface area contributed by atoms with Gasteiger partial charge in [0.2, 0.25) is 0 Å². The summed E-state index contributed by atoms with van der Waals surface area (Å²) in [6.07, 6.45) is -1.15. The lowest BCUT2D eigenvalue weighted by molar-refractivity contribution is -0.384. The topological polar surface area (TPSA) is 108 Å². The van der Waals surface area contributed by atoms with Crippen LogP contribution >= 0.6 is 11.6 Å². The van der Waals surface area contributed by atoms with Crippen LogP contribution in [0.15, 0.2) is 42.5 Å². The number of methoxy groups -OCH3 is 1. The van der Waals surface area contributed by atoms with Crippen LogP contribution in [0.3, 0.4) is 0 Å². The molecule has 0 saturated heterocycles. The molecule has 9 heteroatoms. The van der Waals surface area contributed by atoms with E-state index in [9.17, 15) is 19.7 Å². The summed E-state index contributed by atoms with van der Waals surface area (Å²) in [6.45, 7) is 1.38. The Labute approximate surface area is 153 Å². The number of hydrogen-bond donors (Lipinski definition) is 1. The van der Waals surface area contributed by atoms with Gasteiger partial charge in [0.25, 0.3) is 11.6 Å². The van der Waals surface area contributed by atoms with Crippen molar-refractivity contribution in [2.75, 3.05) is 12.4 Å². The molecule has 0 bridgehead atoms. The number of amides is 1. The summed E-state index contributed by atoms with van der Waals surface area (Å²) in [5, 5.41) is 13.7. The number of rotatable bonds is 6. The lowest BCUT2D eigenvalue weighted by atomic mass is 10.2. The number of esters is 1. The summed E-state index contributed by atoms with van der Waals surface area (Å²) in [7, 11) is 1.36. The zero-order valence-corrected chi connectivity index (χ0v) is 14.6. The molecule has 0 saturated carbocycles. The highest BCUT2D eigenvalue weighted by molar-refractivity contribution is 6.30. The molecule has 2 rings (SSSR count). The lowest BCUT2D eigenvalue weighted by Gasteiger charge is -2.15. The van der Waals surface area contributed by atoms with Gasteiger partial charge in [0, 0.05) is 17.2 Å². The van der Waals surface area contributed by atoms with Gasteiger partial charge in [-0.3, -0.25) is 14.9 Å². The Balaban J connectivity index is 2.10. The standard InChI is InChI=1S/C17H15ClN2O6/c1-10(26-17(22)11-4-3-5-12(18)8-11)16(21)19-14-9-13(20(23)24)6-7-15(14)25-2/h3-10H,1-2H3,(H,19,21)/t10-/m1/s1. The third-order valence-corrected chi connectivity index (χ3v) is 3.60. The number of carbonyl (C=O) groups is 2. The summed E-state index contributed by atoms with van der Waals surface area (Å²) in [4.78, 5) is 34.6. The van der Waals surface area contributed by atoms with Crippen LogP contribution in [0.2, 0.25) is 5.02 Å².